The molecule has 1 nitrogen and oxygen atoms in total. The van der Waals surface area contributed by atoms with E-state index in [0.717, 1.165) is 0 Å². The van der Waals surface area contributed by atoms with E-state index in [1.807, 2.05) is 6.08 Å². The maximum atomic E-state index is 6.88. The average molecular weight is 165 g/mol. The molecular weight excluding hydrogens is 146 g/mol. The van der Waals surface area contributed by atoms with E-state index in [9.17, 15) is 0 Å². The number of allylic oxidation sites excluding steroid dienone is 4. The first-order chi connectivity index (χ1) is 5.57. The summed E-state index contributed by atoms with van der Waals surface area (Å²) in [5.41, 5.74) is 1.31. The highest BCUT2D eigenvalue weighted by Gasteiger charge is 1.99. The van der Waals surface area contributed by atoms with Gasteiger partial charge in [-0.3, -0.25) is 0 Å². The van der Waals surface area contributed by atoms with E-state index >= 15 is 0 Å². The van der Waals surface area contributed by atoms with Gasteiger partial charge in [0, 0.05) is 6.21 Å². The van der Waals surface area contributed by atoms with E-state index in [2.05, 4.69) is 33.8 Å². The molecule has 68 valence electrons. The molecule has 0 saturated carbocycles. The first-order valence-corrected chi connectivity index (χ1v) is 4.46. The maximum Gasteiger partial charge on any atom is 0.0177 e. The molecule has 0 unspecified atom stereocenters. The molecule has 1 N–H and O–H groups in total. The zero-order valence-electron chi connectivity index (χ0n) is 8.46. The van der Waals surface area contributed by atoms with Gasteiger partial charge in [0.2, 0.25) is 0 Å². The molecule has 0 atom stereocenters. The van der Waals surface area contributed by atoms with E-state index in [1.54, 1.807) is 6.08 Å². The van der Waals surface area contributed by atoms with E-state index in [4.69, 9.17) is 5.41 Å². The molecule has 0 aliphatic carbocycles. The average Bonchev–Trinajstić information content (AvgIpc) is 1.96. The van der Waals surface area contributed by atoms with Crippen molar-refractivity contribution >= 4 is 6.21 Å². The number of nitrogens with one attached hydrogen (secondary N) is 1. The van der Waals surface area contributed by atoms with E-state index in [1.165, 1.54) is 11.8 Å². The standard InChI is InChI=1S/C11H19N/c1-9(2)8-11(10(3)4)6-5-7-12/h5-10,12H,1-4H3/b6-5-,11-8+,12-7?. The second-order valence-corrected chi connectivity index (χ2v) is 3.59. The molecule has 0 saturated heterocycles. The molecule has 0 aromatic heterocycles. The van der Waals surface area contributed by atoms with Crippen LogP contribution in [0.25, 0.3) is 0 Å². The van der Waals surface area contributed by atoms with Crippen LogP contribution in [0.4, 0.5) is 0 Å². The SMILES string of the molecule is CC(C)/C=C(\C=C/C=N)C(C)C. The molecule has 1 heteroatoms. The van der Waals surface area contributed by atoms with Gasteiger partial charge in [0.25, 0.3) is 0 Å². The topological polar surface area (TPSA) is 23.9 Å². The molecule has 0 rings (SSSR count). The summed E-state index contributed by atoms with van der Waals surface area (Å²) in [6.07, 6.45) is 7.34. The summed E-state index contributed by atoms with van der Waals surface area (Å²) < 4.78 is 0. The molecule has 12 heavy (non-hydrogen) atoms. The molecule has 0 aromatic carbocycles. The summed E-state index contributed by atoms with van der Waals surface area (Å²) >= 11 is 0. The highest BCUT2D eigenvalue weighted by Crippen LogP contribution is 2.13. The summed E-state index contributed by atoms with van der Waals surface area (Å²) in [6.45, 7) is 8.67. The molecule has 0 aromatic rings. The van der Waals surface area contributed by atoms with Gasteiger partial charge >= 0.3 is 0 Å². The third-order valence-corrected chi connectivity index (χ3v) is 1.58. The largest absolute Gasteiger partial charge is 0.309 e. The van der Waals surface area contributed by atoms with E-state index < -0.39 is 0 Å². The lowest BCUT2D eigenvalue weighted by molar-refractivity contribution is 0.749. The Morgan fingerprint density at radius 2 is 1.75 bits per heavy atom. The summed E-state index contributed by atoms with van der Waals surface area (Å²) in [4.78, 5) is 0. The third kappa shape index (κ3) is 4.89. The van der Waals surface area contributed by atoms with Gasteiger partial charge in [-0.15, -0.1) is 0 Å². The van der Waals surface area contributed by atoms with Crippen LogP contribution in [-0.4, -0.2) is 6.21 Å². The van der Waals surface area contributed by atoms with Crippen molar-refractivity contribution in [3.05, 3.63) is 23.8 Å². The van der Waals surface area contributed by atoms with Gasteiger partial charge in [0.15, 0.2) is 0 Å². The van der Waals surface area contributed by atoms with Crippen molar-refractivity contribution in [3.8, 4) is 0 Å². The zero-order chi connectivity index (χ0) is 9.56. The second-order valence-electron chi connectivity index (χ2n) is 3.59. The van der Waals surface area contributed by atoms with Crippen LogP contribution in [0.5, 0.6) is 0 Å². The molecule has 0 aliphatic rings. The van der Waals surface area contributed by atoms with Crippen LogP contribution < -0.4 is 0 Å². The van der Waals surface area contributed by atoms with Crippen LogP contribution in [0.3, 0.4) is 0 Å². The predicted molar refractivity (Wildman–Crippen MR) is 55.7 cm³/mol. The van der Waals surface area contributed by atoms with Crippen LogP contribution in [-0.2, 0) is 0 Å². The van der Waals surface area contributed by atoms with Crippen LogP contribution in [0.1, 0.15) is 27.7 Å². The Labute approximate surface area is 75.7 Å². The Balaban J connectivity index is 4.43. The van der Waals surface area contributed by atoms with Crippen LogP contribution in [0.2, 0.25) is 0 Å². The van der Waals surface area contributed by atoms with Gasteiger partial charge in [0.1, 0.15) is 0 Å². The van der Waals surface area contributed by atoms with Crippen LogP contribution >= 0.6 is 0 Å². The molecule has 0 aliphatic heterocycles. The Morgan fingerprint density at radius 3 is 2.08 bits per heavy atom. The fourth-order valence-electron chi connectivity index (χ4n) is 0.985. The van der Waals surface area contributed by atoms with Crippen molar-refractivity contribution in [1.82, 2.24) is 0 Å². The molecule has 0 heterocycles. The normalized spacial score (nSPS) is 13.3. The highest BCUT2D eigenvalue weighted by atomic mass is 14.3. The maximum absolute atomic E-state index is 6.88. The first kappa shape index (κ1) is 11.2. The minimum absolute atomic E-state index is 0.545. The van der Waals surface area contributed by atoms with Crippen molar-refractivity contribution in [2.45, 2.75) is 27.7 Å². The number of hydrogen-bond donors (Lipinski definition) is 1. The smallest absolute Gasteiger partial charge is 0.0177 e. The minimum Gasteiger partial charge on any atom is -0.309 e. The van der Waals surface area contributed by atoms with Gasteiger partial charge in [-0.1, -0.05) is 39.8 Å². The quantitative estimate of drug-likeness (QED) is 0.487. The molecule has 0 bridgehead atoms. The monoisotopic (exact) mass is 165 g/mol. The van der Waals surface area contributed by atoms with Crippen LogP contribution in [0.15, 0.2) is 23.8 Å². The van der Waals surface area contributed by atoms with Gasteiger partial charge in [-0.2, -0.15) is 0 Å². The lowest BCUT2D eigenvalue weighted by Gasteiger charge is -2.07. The fourth-order valence-corrected chi connectivity index (χ4v) is 0.985. The fraction of sp³-hybridized carbons (Fsp3) is 0.545. The summed E-state index contributed by atoms with van der Waals surface area (Å²) in [7, 11) is 0. The highest BCUT2D eigenvalue weighted by molar-refractivity contribution is 5.68. The van der Waals surface area contributed by atoms with Crippen LogP contribution in [0, 0.1) is 17.2 Å². The summed E-state index contributed by atoms with van der Waals surface area (Å²) in [5, 5.41) is 6.88. The summed E-state index contributed by atoms with van der Waals surface area (Å²) in [5.74, 6) is 1.13. The second kappa shape index (κ2) is 5.76. The third-order valence-electron chi connectivity index (χ3n) is 1.58. The molecular formula is C11H19N. The van der Waals surface area contributed by atoms with Crippen molar-refractivity contribution < 1.29 is 0 Å². The van der Waals surface area contributed by atoms with Crippen molar-refractivity contribution in [1.29, 1.82) is 5.41 Å². The lowest BCUT2D eigenvalue weighted by atomic mass is 9.99. The predicted octanol–water partition coefficient (Wildman–Crippen LogP) is 3.43. The van der Waals surface area contributed by atoms with Gasteiger partial charge in [0.05, 0.1) is 0 Å². The minimum atomic E-state index is 0.545. The molecule has 0 amide bonds. The Bertz CT molecular complexity index is 185. The zero-order valence-corrected chi connectivity index (χ0v) is 8.46. The van der Waals surface area contributed by atoms with Crippen molar-refractivity contribution in [2.75, 3.05) is 0 Å². The summed E-state index contributed by atoms with van der Waals surface area (Å²) in [6, 6.07) is 0. The lowest BCUT2D eigenvalue weighted by Crippen LogP contribution is -1.93. The van der Waals surface area contributed by atoms with Crippen molar-refractivity contribution in [2.24, 2.45) is 11.8 Å². The van der Waals surface area contributed by atoms with E-state index in [-0.39, 0.29) is 0 Å². The van der Waals surface area contributed by atoms with Gasteiger partial charge in [-0.05, 0) is 23.5 Å². The number of rotatable bonds is 4. The Hall–Kier alpha value is -0.850. The van der Waals surface area contributed by atoms with Gasteiger partial charge in [-0.25, -0.2) is 0 Å². The van der Waals surface area contributed by atoms with Crippen molar-refractivity contribution in [3.63, 3.8) is 0 Å². The first-order valence-electron chi connectivity index (χ1n) is 4.46. The van der Waals surface area contributed by atoms with E-state index in [0.29, 0.717) is 11.8 Å². The molecule has 0 fully saturated rings. The number of hydrogen-bond acceptors (Lipinski definition) is 1. The molecule has 0 radical (unpaired) electrons. The Morgan fingerprint density at radius 1 is 1.17 bits per heavy atom. The molecule has 0 spiro atoms. The van der Waals surface area contributed by atoms with Gasteiger partial charge < -0.3 is 5.41 Å². The Kier molecular flexibility index (Phi) is 5.35.